The van der Waals surface area contributed by atoms with Gasteiger partial charge in [0.25, 0.3) is 0 Å². The van der Waals surface area contributed by atoms with Gasteiger partial charge in [-0.3, -0.25) is 0 Å². The third kappa shape index (κ3) is 3.33. The van der Waals surface area contributed by atoms with Crippen molar-refractivity contribution in [3.05, 3.63) is 35.9 Å². The van der Waals surface area contributed by atoms with Crippen LogP contribution >= 0.6 is 0 Å². The van der Waals surface area contributed by atoms with Gasteiger partial charge in [0.15, 0.2) is 6.10 Å². The fraction of sp³-hybridized carbons (Fsp3) is 0.533. The minimum atomic E-state index is -0.714. The van der Waals surface area contributed by atoms with Crippen molar-refractivity contribution in [3.63, 3.8) is 0 Å². The zero-order valence-electron chi connectivity index (χ0n) is 11.6. The fourth-order valence-corrected chi connectivity index (χ4v) is 2.07. The molecule has 0 spiro atoms. The smallest absolute Gasteiger partial charge is 0.338 e. The molecular weight excluding hydrogens is 244 g/mol. The van der Waals surface area contributed by atoms with E-state index in [9.17, 15) is 4.79 Å². The van der Waals surface area contributed by atoms with Crippen LogP contribution in [0.2, 0.25) is 0 Å². The molecule has 1 fully saturated rings. The lowest BCUT2D eigenvalue weighted by Crippen LogP contribution is -2.32. The summed E-state index contributed by atoms with van der Waals surface area (Å²) in [6.45, 7) is 5.11. The highest BCUT2D eigenvalue weighted by molar-refractivity contribution is 5.75. The van der Waals surface area contributed by atoms with Gasteiger partial charge in [-0.1, -0.05) is 44.2 Å². The third-order valence-electron chi connectivity index (χ3n) is 3.14. The number of hydrogen-bond acceptors (Lipinski definition) is 4. The van der Waals surface area contributed by atoms with Crippen LogP contribution in [0.3, 0.4) is 0 Å². The van der Waals surface area contributed by atoms with Crippen LogP contribution in [0.5, 0.6) is 0 Å². The Labute approximate surface area is 113 Å². The van der Waals surface area contributed by atoms with E-state index in [1.165, 1.54) is 7.11 Å². The molecule has 0 bridgehead atoms. The molecule has 0 aromatic heterocycles. The molecule has 0 amide bonds. The van der Waals surface area contributed by atoms with E-state index < -0.39 is 18.2 Å². The number of carbonyl (C=O) groups excluding carboxylic acids is 1. The van der Waals surface area contributed by atoms with E-state index in [1.54, 1.807) is 0 Å². The van der Waals surface area contributed by atoms with Crippen molar-refractivity contribution in [1.29, 1.82) is 0 Å². The van der Waals surface area contributed by atoms with E-state index in [4.69, 9.17) is 14.2 Å². The molecule has 0 aliphatic carbocycles. The summed E-state index contributed by atoms with van der Waals surface area (Å²) in [6, 6.07) is 9.63. The molecule has 4 heteroatoms. The Morgan fingerprint density at radius 3 is 2.47 bits per heavy atom. The van der Waals surface area contributed by atoms with Crippen molar-refractivity contribution >= 4 is 5.97 Å². The molecule has 19 heavy (non-hydrogen) atoms. The summed E-state index contributed by atoms with van der Waals surface area (Å²) in [5.74, 6) is -0.397. The number of carbonyl (C=O) groups is 1. The lowest BCUT2D eigenvalue weighted by atomic mass is 9.97. The topological polar surface area (TPSA) is 44.8 Å². The first-order valence-electron chi connectivity index (χ1n) is 6.39. The molecule has 0 radical (unpaired) electrons. The lowest BCUT2D eigenvalue weighted by molar-refractivity contribution is -0.161. The predicted molar refractivity (Wildman–Crippen MR) is 70.7 cm³/mol. The first kappa shape index (κ1) is 14.0. The molecular formula is C15H20O4. The average molecular weight is 264 g/mol. The Morgan fingerprint density at radius 1 is 1.21 bits per heavy atom. The normalized spacial score (nSPS) is 26.5. The average Bonchev–Trinajstić information content (AvgIpc) is 2.57. The summed E-state index contributed by atoms with van der Waals surface area (Å²) >= 11 is 0. The summed E-state index contributed by atoms with van der Waals surface area (Å²) in [5, 5.41) is 0. The highest BCUT2D eigenvalue weighted by atomic mass is 16.6. The highest BCUT2D eigenvalue weighted by Crippen LogP contribution is 2.32. The van der Waals surface area contributed by atoms with Crippen LogP contribution < -0.4 is 0 Å². The van der Waals surface area contributed by atoms with Crippen LogP contribution in [-0.2, 0) is 19.0 Å². The predicted octanol–water partition coefficient (Wildman–Crippen LogP) is 2.34. The van der Waals surface area contributed by atoms with Gasteiger partial charge >= 0.3 is 5.97 Å². The largest absolute Gasteiger partial charge is 0.467 e. The highest BCUT2D eigenvalue weighted by Gasteiger charge is 2.38. The maximum Gasteiger partial charge on any atom is 0.338 e. The van der Waals surface area contributed by atoms with Crippen LogP contribution in [0.1, 0.15) is 25.5 Å². The van der Waals surface area contributed by atoms with Crippen LogP contribution in [-0.4, -0.2) is 32.4 Å². The Kier molecular flexibility index (Phi) is 4.22. The van der Waals surface area contributed by atoms with Gasteiger partial charge in [0.05, 0.1) is 20.3 Å². The van der Waals surface area contributed by atoms with Crippen LogP contribution in [0, 0.1) is 5.41 Å². The first-order valence-corrected chi connectivity index (χ1v) is 6.39. The number of benzene rings is 1. The third-order valence-corrected chi connectivity index (χ3v) is 3.14. The summed E-state index contributed by atoms with van der Waals surface area (Å²) in [6.07, 6.45) is -1.13. The first-order chi connectivity index (χ1) is 9.03. The lowest BCUT2D eigenvalue weighted by Gasteiger charge is -2.22. The molecule has 1 saturated heterocycles. The van der Waals surface area contributed by atoms with Gasteiger partial charge in [0.2, 0.25) is 0 Å². The SMILES string of the molecule is COC(=O)[C@H]1OCC(C)(C)CO[C@H]1c1ccccc1. The Bertz CT molecular complexity index is 427. The van der Waals surface area contributed by atoms with Gasteiger partial charge < -0.3 is 14.2 Å². The number of esters is 1. The van der Waals surface area contributed by atoms with E-state index in [0.29, 0.717) is 13.2 Å². The number of hydrogen-bond donors (Lipinski definition) is 0. The van der Waals surface area contributed by atoms with Crippen molar-refractivity contribution in [3.8, 4) is 0 Å². The second kappa shape index (κ2) is 5.72. The minimum Gasteiger partial charge on any atom is -0.467 e. The van der Waals surface area contributed by atoms with Crippen LogP contribution in [0.25, 0.3) is 0 Å². The molecule has 1 heterocycles. The molecule has 1 aliphatic heterocycles. The van der Waals surface area contributed by atoms with Crippen molar-refractivity contribution in [2.45, 2.75) is 26.1 Å². The summed E-state index contributed by atoms with van der Waals surface area (Å²) in [5.41, 5.74) is 0.811. The van der Waals surface area contributed by atoms with Gasteiger partial charge in [-0.15, -0.1) is 0 Å². The molecule has 2 rings (SSSR count). The van der Waals surface area contributed by atoms with E-state index in [-0.39, 0.29) is 5.41 Å². The molecule has 0 unspecified atom stereocenters. The number of rotatable bonds is 2. The summed E-state index contributed by atoms with van der Waals surface area (Å²) in [4.78, 5) is 11.9. The van der Waals surface area contributed by atoms with E-state index >= 15 is 0 Å². The van der Waals surface area contributed by atoms with Gasteiger partial charge in [-0.05, 0) is 5.56 Å². The molecule has 2 atom stereocenters. The Hall–Kier alpha value is -1.39. The fourth-order valence-electron chi connectivity index (χ4n) is 2.07. The van der Waals surface area contributed by atoms with Crippen LogP contribution in [0.15, 0.2) is 30.3 Å². The molecule has 1 aliphatic rings. The van der Waals surface area contributed by atoms with E-state index in [2.05, 4.69) is 13.8 Å². The molecule has 0 saturated carbocycles. The molecule has 1 aromatic rings. The van der Waals surface area contributed by atoms with E-state index in [0.717, 1.165) is 5.56 Å². The monoisotopic (exact) mass is 264 g/mol. The van der Waals surface area contributed by atoms with Crippen molar-refractivity contribution in [2.75, 3.05) is 20.3 Å². The van der Waals surface area contributed by atoms with E-state index in [1.807, 2.05) is 30.3 Å². The van der Waals surface area contributed by atoms with Crippen LogP contribution in [0.4, 0.5) is 0 Å². The van der Waals surface area contributed by atoms with Crippen molar-refractivity contribution < 1.29 is 19.0 Å². The van der Waals surface area contributed by atoms with Gasteiger partial charge in [0, 0.05) is 5.41 Å². The quantitative estimate of drug-likeness (QED) is 0.769. The molecule has 4 nitrogen and oxygen atoms in total. The molecule has 0 N–H and O–H groups in total. The van der Waals surface area contributed by atoms with Crippen molar-refractivity contribution in [1.82, 2.24) is 0 Å². The summed E-state index contributed by atoms with van der Waals surface area (Å²) < 4.78 is 16.5. The second-order valence-electron chi connectivity index (χ2n) is 5.56. The minimum absolute atomic E-state index is 0.115. The van der Waals surface area contributed by atoms with Gasteiger partial charge in [-0.2, -0.15) is 0 Å². The zero-order valence-corrected chi connectivity index (χ0v) is 11.6. The zero-order chi connectivity index (χ0) is 13.9. The van der Waals surface area contributed by atoms with Gasteiger partial charge in [0.1, 0.15) is 6.10 Å². The molecule has 1 aromatic carbocycles. The standard InChI is InChI=1S/C15H20O4/c1-15(2)9-18-12(11-7-5-4-6-8-11)13(19-10-15)14(16)17-3/h4-8,12-13H,9-10H2,1-3H3/t12-,13-/m0/s1. The Morgan fingerprint density at radius 2 is 1.84 bits per heavy atom. The number of methoxy groups -OCH3 is 1. The summed E-state index contributed by atoms with van der Waals surface area (Å²) in [7, 11) is 1.36. The second-order valence-corrected chi connectivity index (χ2v) is 5.56. The molecule has 104 valence electrons. The van der Waals surface area contributed by atoms with Gasteiger partial charge in [-0.25, -0.2) is 4.79 Å². The van der Waals surface area contributed by atoms with Crippen molar-refractivity contribution in [2.24, 2.45) is 5.41 Å². The maximum absolute atomic E-state index is 11.9. The maximum atomic E-state index is 11.9. The number of ether oxygens (including phenoxy) is 3. The Balaban J connectivity index is 2.28.